The maximum atomic E-state index is 12.7. The van der Waals surface area contributed by atoms with Gasteiger partial charge in [-0.3, -0.25) is 9.59 Å². The minimum Gasteiger partial charge on any atom is -0.497 e. The Labute approximate surface area is 161 Å². The maximum Gasteiger partial charge on any atom is 0.260 e. The molecule has 7 nitrogen and oxygen atoms in total. The van der Waals surface area contributed by atoms with Crippen LogP contribution in [0.25, 0.3) is 0 Å². The van der Waals surface area contributed by atoms with Gasteiger partial charge < -0.3 is 19.7 Å². The molecule has 0 saturated carbocycles. The number of rotatable bonds is 4. The van der Waals surface area contributed by atoms with E-state index in [0.717, 1.165) is 10.4 Å². The lowest BCUT2D eigenvalue weighted by Gasteiger charge is -2.25. The number of carbonyl (C=O) groups is 2. The number of carbonyl (C=O) groups excluding carboxylic acids is 2. The van der Waals surface area contributed by atoms with E-state index in [1.807, 2.05) is 0 Å². The minimum absolute atomic E-state index is 0.00103. The molecule has 0 spiro atoms. The van der Waals surface area contributed by atoms with Crippen molar-refractivity contribution in [2.75, 3.05) is 26.1 Å². The molecular weight excluding hydrogens is 366 g/mol. The lowest BCUT2D eigenvalue weighted by molar-refractivity contribution is -0.129. The van der Waals surface area contributed by atoms with E-state index < -0.39 is 0 Å². The molecule has 0 unspecified atom stereocenters. The van der Waals surface area contributed by atoms with Crippen LogP contribution < -0.4 is 14.8 Å². The van der Waals surface area contributed by atoms with E-state index in [1.165, 1.54) is 32.5 Å². The van der Waals surface area contributed by atoms with Crippen LogP contribution in [0, 0.1) is 11.3 Å². The van der Waals surface area contributed by atoms with Crippen LogP contribution in [0.1, 0.15) is 33.3 Å². The molecule has 140 valence electrons. The number of hydrogen-bond acceptors (Lipinski definition) is 6. The summed E-state index contributed by atoms with van der Waals surface area (Å²) in [6.07, 6.45) is 0.607. The summed E-state index contributed by atoms with van der Waals surface area (Å²) >= 11 is 1.34. The third-order valence-electron chi connectivity index (χ3n) is 4.49. The van der Waals surface area contributed by atoms with Crippen LogP contribution in [-0.4, -0.2) is 37.5 Å². The highest BCUT2D eigenvalue weighted by Crippen LogP contribution is 2.37. The smallest absolute Gasteiger partial charge is 0.260 e. The highest BCUT2D eigenvalue weighted by atomic mass is 32.1. The Morgan fingerprint density at radius 3 is 2.70 bits per heavy atom. The lowest BCUT2D eigenvalue weighted by atomic mass is 10.0. The van der Waals surface area contributed by atoms with Crippen LogP contribution in [0.3, 0.4) is 0 Å². The van der Waals surface area contributed by atoms with Gasteiger partial charge in [-0.1, -0.05) is 0 Å². The fourth-order valence-corrected chi connectivity index (χ4v) is 4.24. The SMILES string of the molecule is COc1ccc(C(=O)Nc2sc3c(c2C#N)CCN(C(C)=O)C3)c(OC)c1. The van der Waals surface area contributed by atoms with Gasteiger partial charge in [0, 0.05) is 24.4 Å². The monoisotopic (exact) mass is 385 g/mol. The van der Waals surface area contributed by atoms with E-state index in [2.05, 4.69) is 11.4 Å². The molecule has 8 heteroatoms. The van der Waals surface area contributed by atoms with Crippen molar-refractivity contribution in [3.05, 3.63) is 39.8 Å². The Morgan fingerprint density at radius 1 is 1.30 bits per heavy atom. The first-order chi connectivity index (χ1) is 13.0. The lowest BCUT2D eigenvalue weighted by Crippen LogP contribution is -2.33. The molecule has 3 rings (SSSR count). The van der Waals surface area contributed by atoms with Gasteiger partial charge in [0.2, 0.25) is 5.91 Å². The predicted octanol–water partition coefficient (Wildman–Crippen LogP) is 2.79. The first-order valence-electron chi connectivity index (χ1n) is 8.32. The standard InChI is InChI=1S/C19H19N3O4S/c1-11(23)22-7-6-13-15(9-20)19(27-17(13)10-22)21-18(24)14-5-4-12(25-2)8-16(14)26-3/h4-5,8H,6-7,10H2,1-3H3,(H,21,24). The molecule has 0 atom stereocenters. The molecule has 0 bridgehead atoms. The zero-order valence-electron chi connectivity index (χ0n) is 15.3. The van der Waals surface area contributed by atoms with Gasteiger partial charge in [0.25, 0.3) is 5.91 Å². The summed E-state index contributed by atoms with van der Waals surface area (Å²) in [7, 11) is 3.01. The topological polar surface area (TPSA) is 91.7 Å². The normalized spacial score (nSPS) is 12.7. The fourth-order valence-electron chi connectivity index (χ4n) is 3.04. The number of thiophene rings is 1. The molecule has 1 aliphatic heterocycles. The quantitative estimate of drug-likeness (QED) is 0.874. The van der Waals surface area contributed by atoms with Gasteiger partial charge in [0.15, 0.2) is 0 Å². The minimum atomic E-state index is -0.368. The number of amides is 2. The van der Waals surface area contributed by atoms with E-state index in [0.29, 0.717) is 47.1 Å². The summed E-state index contributed by atoms with van der Waals surface area (Å²) < 4.78 is 10.4. The zero-order chi connectivity index (χ0) is 19.6. The van der Waals surface area contributed by atoms with Crippen molar-refractivity contribution in [3.8, 4) is 17.6 Å². The Balaban J connectivity index is 1.89. The van der Waals surface area contributed by atoms with Crippen LogP contribution in [0.15, 0.2) is 18.2 Å². The summed E-state index contributed by atoms with van der Waals surface area (Å²) in [4.78, 5) is 27.0. The van der Waals surface area contributed by atoms with Crippen LogP contribution in [0.5, 0.6) is 11.5 Å². The highest BCUT2D eigenvalue weighted by molar-refractivity contribution is 7.16. The number of methoxy groups -OCH3 is 2. The Morgan fingerprint density at radius 2 is 2.07 bits per heavy atom. The van der Waals surface area contributed by atoms with Crippen molar-refractivity contribution in [1.29, 1.82) is 5.26 Å². The molecular formula is C19H19N3O4S. The number of ether oxygens (including phenoxy) is 2. The van der Waals surface area contributed by atoms with E-state index in [1.54, 1.807) is 23.1 Å². The molecule has 0 fully saturated rings. The summed E-state index contributed by atoms with van der Waals surface area (Å²) in [5, 5.41) is 12.9. The number of nitrogens with zero attached hydrogens (tertiary/aromatic N) is 2. The van der Waals surface area contributed by atoms with Gasteiger partial charge in [-0.25, -0.2) is 0 Å². The van der Waals surface area contributed by atoms with Gasteiger partial charge in [-0.15, -0.1) is 11.3 Å². The first-order valence-corrected chi connectivity index (χ1v) is 9.13. The highest BCUT2D eigenvalue weighted by Gasteiger charge is 2.27. The van der Waals surface area contributed by atoms with E-state index in [-0.39, 0.29) is 11.8 Å². The molecule has 1 aliphatic rings. The molecule has 0 saturated heterocycles. The second-order valence-electron chi connectivity index (χ2n) is 6.03. The molecule has 0 aliphatic carbocycles. The molecule has 2 heterocycles. The summed E-state index contributed by atoms with van der Waals surface area (Å²) in [6, 6.07) is 7.11. The largest absolute Gasteiger partial charge is 0.497 e. The zero-order valence-corrected chi connectivity index (χ0v) is 16.1. The van der Waals surface area contributed by atoms with Gasteiger partial charge in [0.1, 0.15) is 22.6 Å². The van der Waals surface area contributed by atoms with Gasteiger partial charge in [-0.05, 0) is 24.1 Å². The second kappa shape index (κ2) is 7.68. The third kappa shape index (κ3) is 3.59. The molecule has 1 N–H and O–H groups in total. The van der Waals surface area contributed by atoms with Gasteiger partial charge in [-0.2, -0.15) is 5.26 Å². The molecule has 1 aromatic heterocycles. The molecule has 1 aromatic carbocycles. The van der Waals surface area contributed by atoms with Crippen molar-refractivity contribution in [2.24, 2.45) is 0 Å². The molecule has 0 radical (unpaired) electrons. The number of hydrogen-bond donors (Lipinski definition) is 1. The first kappa shape index (κ1) is 18.7. The van der Waals surface area contributed by atoms with E-state index in [4.69, 9.17) is 9.47 Å². The Kier molecular flexibility index (Phi) is 5.33. The summed E-state index contributed by atoms with van der Waals surface area (Å²) in [5.41, 5.74) is 1.73. The van der Waals surface area contributed by atoms with Crippen LogP contribution in [-0.2, 0) is 17.8 Å². The number of fused-ring (bicyclic) bond motifs is 1. The van der Waals surface area contributed by atoms with Gasteiger partial charge in [0.05, 0.1) is 31.9 Å². The van der Waals surface area contributed by atoms with E-state index >= 15 is 0 Å². The number of nitriles is 1. The number of anilines is 1. The van der Waals surface area contributed by atoms with E-state index in [9.17, 15) is 14.9 Å². The van der Waals surface area contributed by atoms with Crippen molar-refractivity contribution >= 4 is 28.2 Å². The van der Waals surface area contributed by atoms with Crippen LogP contribution >= 0.6 is 11.3 Å². The average Bonchev–Trinajstić information content (AvgIpc) is 3.03. The van der Waals surface area contributed by atoms with Crippen molar-refractivity contribution in [1.82, 2.24) is 4.90 Å². The molecule has 2 aromatic rings. The van der Waals surface area contributed by atoms with Crippen molar-refractivity contribution in [2.45, 2.75) is 19.9 Å². The van der Waals surface area contributed by atoms with Crippen molar-refractivity contribution in [3.63, 3.8) is 0 Å². The average molecular weight is 385 g/mol. The molecule has 2 amide bonds. The second-order valence-corrected chi connectivity index (χ2v) is 7.14. The number of benzene rings is 1. The summed E-state index contributed by atoms with van der Waals surface area (Å²) in [6.45, 7) is 2.57. The Hall–Kier alpha value is -3.05. The van der Waals surface area contributed by atoms with Gasteiger partial charge >= 0.3 is 0 Å². The third-order valence-corrected chi connectivity index (χ3v) is 5.63. The van der Waals surface area contributed by atoms with Crippen LogP contribution in [0.4, 0.5) is 5.00 Å². The van der Waals surface area contributed by atoms with Crippen LogP contribution in [0.2, 0.25) is 0 Å². The predicted molar refractivity (Wildman–Crippen MR) is 101 cm³/mol. The summed E-state index contributed by atoms with van der Waals surface area (Å²) in [5.74, 6) is 0.598. The molecule has 27 heavy (non-hydrogen) atoms. The maximum absolute atomic E-state index is 12.7. The fraction of sp³-hybridized carbons (Fsp3) is 0.316. The number of nitrogens with one attached hydrogen (secondary N) is 1. The Bertz CT molecular complexity index is 945. The van der Waals surface area contributed by atoms with Crippen molar-refractivity contribution < 1.29 is 19.1 Å².